The lowest BCUT2D eigenvalue weighted by atomic mass is 10.2. The molecule has 0 aliphatic heterocycles. The third-order valence-corrected chi connectivity index (χ3v) is 2.40. The zero-order chi connectivity index (χ0) is 11.7. The number of hydrogen-bond donors (Lipinski definition) is 2. The van der Waals surface area contributed by atoms with E-state index in [1.54, 1.807) is 6.07 Å². The molecule has 2 rings (SSSR count). The van der Waals surface area contributed by atoms with E-state index in [1.807, 2.05) is 13.8 Å². The summed E-state index contributed by atoms with van der Waals surface area (Å²) in [6, 6.07) is 1.59. The monoisotopic (exact) mass is 238 g/mol. The molecular formula is C10H11ClN4O. The van der Waals surface area contributed by atoms with Gasteiger partial charge in [-0.2, -0.15) is 0 Å². The number of pyridine rings is 1. The molecule has 6 heteroatoms. The van der Waals surface area contributed by atoms with Crippen molar-refractivity contribution in [3.05, 3.63) is 17.4 Å². The van der Waals surface area contributed by atoms with E-state index in [1.165, 1.54) is 6.33 Å². The second-order valence-electron chi connectivity index (χ2n) is 3.73. The molecule has 84 valence electrons. The summed E-state index contributed by atoms with van der Waals surface area (Å²) in [5.41, 5.74) is 1.16. The first kappa shape index (κ1) is 10.9. The van der Waals surface area contributed by atoms with Gasteiger partial charge in [0.05, 0.1) is 11.3 Å². The molecule has 0 atom stereocenters. The summed E-state index contributed by atoms with van der Waals surface area (Å²) in [7, 11) is 0. The molecule has 0 unspecified atom stereocenters. The third kappa shape index (κ3) is 1.99. The zero-order valence-electron chi connectivity index (χ0n) is 8.91. The number of halogens is 1. The Hall–Kier alpha value is -1.62. The van der Waals surface area contributed by atoms with Crippen LogP contribution in [-0.2, 0) is 4.79 Å². The van der Waals surface area contributed by atoms with Crippen LogP contribution in [0.1, 0.15) is 13.8 Å². The minimum Gasteiger partial charge on any atom is -0.329 e. The van der Waals surface area contributed by atoms with Gasteiger partial charge in [-0.1, -0.05) is 25.4 Å². The number of anilines is 1. The number of aromatic amines is 1. The number of hydrogen-bond acceptors (Lipinski definition) is 3. The lowest BCUT2D eigenvalue weighted by Crippen LogP contribution is -2.18. The Morgan fingerprint density at radius 3 is 3.00 bits per heavy atom. The van der Waals surface area contributed by atoms with E-state index in [4.69, 9.17) is 11.6 Å². The van der Waals surface area contributed by atoms with Gasteiger partial charge in [0.15, 0.2) is 5.65 Å². The molecule has 2 heterocycles. The number of nitrogens with one attached hydrogen (secondary N) is 2. The molecule has 0 aliphatic carbocycles. The maximum absolute atomic E-state index is 11.5. The number of H-pyrrole nitrogens is 1. The van der Waals surface area contributed by atoms with E-state index in [0.717, 1.165) is 0 Å². The number of amides is 1. The van der Waals surface area contributed by atoms with Crippen LogP contribution in [0.2, 0.25) is 5.02 Å². The van der Waals surface area contributed by atoms with Gasteiger partial charge in [-0.25, -0.2) is 9.97 Å². The minimum absolute atomic E-state index is 0.0950. The number of carbonyl (C=O) groups is 1. The average Bonchev–Trinajstić information content (AvgIpc) is 2.65. The summed E-state index contributed by atoms with van der Waals surface area (Å²) in [5.74, 6) is 0.237. The predicted octanol–water partition coefficient (Wildman–Crippen LogP) is 2.21. The van der Waals surface area contributed by atoms with Gasteiger partial charge < -0.3 is 10.3 Å². The Labute approximate surface area is 97.2 Å². The van der Waals surface area contributed by atoms with Crippen LogP contribution in [0.5, 0.6) is 0 Å². The molecule has 0 spiro atoms. The number of fused-ring (bicyclic) bond motifs is 1. The quantitative estimate of drug-likeness (QED) is 0.843. The normalized spacial score (nSPS) is 11.0. The first-order chi connectivity index (χ1) is 7.58. The fraction of sp³-hybridized carbons (Fsp3) is 0.300. The van der Waals surface area contributed by atoms with Gasteiger partial charge in [0.2, 0.25) is 5.91 Å². The van der Waals surface area contributed by atoms with Crippen LogP contribution < -0.4 is 5.32 Å². The molecule has 2 aromatic rings. The fourth-order valence-electron chi connectivity index (χ4n) is 1.22. The van der Waals surface area contributed by atoms with Crippen LogP contribution in [0.15, 0.2) is 12.4 Å². The van der Waals surface area contributed by atoms with Crippen molar-refractivity contribution in [1.29, 1.82) is 0 Å². The third-order valence-electron chi connectivity index (χ3n) is 2.12. The van der Waals surface area contributed by atoms with E-state index in [9.17, 15) is 4.79 Å². The first-order valence-electron chi connectivity index (χ1n) is 4.88. The number of rotatable bonds is 2. The minimum atomic E-state index is -0.0990. The van der Waals surface area contributed by atoms with Gasteiger partial charge in [0.25, 0.3) is 0 Å². The average molecular weight is 239 g/mol. The Morgan fingerprint density at radius 1 is 1.56 bits per heavy atom. The molecule has 0 saturated carbocycles. The Morgan fingerprint density at radius 2 is 2.31 bits per heavy atom. The highest BCUT2D eigenvalue weighted by Gasteiger charge is 2.11. The van der Waals surface area contributed by atoms with Gasteiger partial charge in [-0.3, -0.25) is 4.79 Å². The van der Waals surface area contributed by atoms with Crippen LogP contribution in [0, 0.1) is 5.92 Å². The number of aromatic nitrogens is 3. The summed E-state index contributed by atoms with van der Waals surface area (Å²) >= 11 is 5.99. The van der Waals surface area contributed by atoms with Gasteiger partial charge >= 0.3 is 0 Å². The van der Waals surface area contributed by atoms with Crippen LogP contribution in [-0.4, -0.2) is 20.9 Å². The van der Waals surface area contributed by atoms with Crippen molar-refractivity contribution in [2.24, 2.45) is 5.92 Å². The summed E-state index contributed by atoms with van der Waals surface area (Å²) < 4.78 is 0. The lowest BCUT2D eigenvalue weighted by Gasteiger charge is -2.06. The van der Waals surface area contributed by atoms with E-state index >= 15 is 0 Å². The first-order valence-corrected chi connectivity index (χ1v) is 5.26. The zero-order valence-corrected chi connectivity index (χ0v) is 9.67. The second-order valence-corrected chi connectivity index (χ2v) is 4.14. The summed E-state index contributed by atoms with van der Waals surface area (Å²) in [5, 5.41) is 3.15. The highest BCUT2D eigenvalue weighted by molar-refractivity contribution is 6.35. The largest absolute Gasteiger partial charge is 0.329 e. The highest BCUT2D eigenvalue weighted by Crippen LogP contribution is 2.22. The Kier molecular flexibility index (Phi) is 2.78. The molecule has 2 aromatic heterocycles. The summed E-state index contributed by atoms with van der Waals surface area (Å²) in [6.07, 6.45) is 1.51. The van der Waals surface area contributed by atoms with Crippen molar-refractivity contribution in [1.82, 2.24) is 15.0 Å². The lowest BCUT2D eigenvalue weighted by molar-refractivity contribution is -0.118. The molecule has 0 aliphatic rings. The smallest absolute Gasteiger partial charge is 0.228 e. The van der Waals surface area contributed by atoms with Crippen molar-refractivity contribution >= 4 is 34.5 Å². The molecule has 16 heavy (non-hydrogen) atoms. The van der Waals surface area contributed by atoms with E-state index in [2.05, 4.69) is 20.3 Å². The molecule has 0 aromatic carbocycles. The molecule has 5 nitrogen and oxygen atoms in total. The van der Waals surface area contributed by atoms with Gasteiger partial charge in [0.1, 0.15) is 11.3 Å². The number of imidazole rings is 1. The maximum atomic E-state index is 11.5. The molecule has 0 radical (unpaired) electrons. The molecule has 0 fully saturated rings. The van der Waals surface area contributed by atoms with Crippen molar-refractivity contribution < 1.29 is 4.79 Å². The van der Waals surface area contributed by atoms with Gasteiger partial charge in [0, 0.05) is 12.0 Å². The van der Waals surface area contributed by atoms with Crippen LogP contribution in [0.3, 0.4) is 0 Å². The van der Waals surface area contributed by atoms with Crippen molar-refractivity contribution in [2.75, 3.05) is 5.32 Å². The molecular weight excluding hydrogens is 228 g/mol. The SMILES string of the molecule is CC(C)C(=O)Nc1cc(Cl)c2nc[nH]c2n1. The summed E-state index contributed by atoms with van der Waals surface area (Å²) in [6.45, 7) is 3.62. The second kappa shape index (κ2) is 4.09. The number of nitrogens with zero attached hydrogens (tertiary/aromatic N) is 2. The molecule has 0 saturated heterocycles. The Balaban J connectivity index is 2.35. The van der Waals surface area contributed by atoms with Crippen LogP contribution in [0.4, 0.5) is 5.82 Å². The van der Waals surface area contributed by atoms with Gasteiger partial charge in [-0.05, 0) is 0 Å². The van der Waals surface area contributed by atoms with Crippen molar-refractivity contribution in [3.8, 4) is 0 Å². The van der Waals surface area contributed by atoms with Crippen LogP contribution >= 0.6 is 11.6 Å². The van der Waals surface area contributed by atoms with Crippen molar-refractivity contribution in [3.63, 3.8) is 0 Å². The van der Waals surface area contributed by atoms with Gasteiger partial charge in [-0.15, -0.1) is 0 Å². The standard InChI is InChI=1S/C10H11ClN4O/c1-5(2)10(16)15-7-3-6(11)8-9(14-7)13-4-12-8/h3-5H,1-2H3,(H2,12,13,14,15,16). The molecule has 2 N–H and O–H groups in total. The summed E-state index contributed by atoms with van der Waals surface area (Å²) in [4.78, 5) is 22.5. The Bertz CT molecular complexity index is 535. The van der Waals surface area contributed by atoms with E-state index in [-0.39, 0.29) is 11.8 Å². The van der Waals surface area contributed by atoms with E-state index < -0.39 is 0 Å². The van der Waals surface area contributed by atoms with E-state index in [0.29, 0.717) is 22.0 Å². The topological polar surface area (TPSA) is 70.7 Å². The maximum Gasteiger partial charge on any atom is 0.228 e. The van der Waals surface area contributed by atoms with Crippen molar-refractivity contribution in [2.45, 2.75) is 13.8 Å². The molecule has 0 bridgehead atoms. The van der Waals surface area contributed by atoms with Crippen LogP contribution in [0.25, 0.3) is 11.2 Å². The molecule has 1 amide bonds. The fourth-order valence-corrected chi connectivity index (χ4v) is 1.46. The predicted molar refractivity (Wildman–Crippen MR) is 62.4 cm³/mol. The highest BCUT2D eigenvalue weighted by atomic mass is 35.5. The number of carbonyl (C=O) groups excluding carboxylic acids is 1.